The standard InChI is InChI=1S/C26H26N2O3S/c29-25-12-5-4-9-22(25)26-21-11-6-10-20(21)23-17-19(13-14-24(23)28-26)32(30,31)27-16-15-18-7-2-1-3-8-18/h1-10,12-14,17,20-21,26-29H,11,15-16H2. The van der Waals surface area contributed by atoms with Gasteiger partial charge >= 0.3 is 0 Å². The third kappa shape index (κ3) is 3.92. The first kappa shape index (κ1) is 20.8. The first-order chi connectivity index (χ1) is 15.5. The van der Waals surface area contributed by atoms with Gasteiger partial charge in [0, 0.05) is 23.7 Å². The van der Waals surface area contributed by atoms with E-state index in [1.54, 1.807) is 18.2 Å². The molecule has 0 spiro atoms. The molecule has 5 nitrogen and oxygen atoms in total. The average Bonchev–Trinajstić information content (AvgIpc) is 3.30. The molecule has 3 N–H and O–H groups in total. The Morgan fingerprint density at radius 2 is 1.75 bits per heavy atom. The number of phenolic OH excluding ortho intramolecular Hbond substituents is 1. The molecule has 6 heteroatoms. The van der Waals surface area contributed by atoms with E-state index in [0.717, 1.165) is 28.8 Å². The maximum Gasteiger partial charge on any atom is 0.240 e. The van der Waals surface area contributed by atoms with Crippen LogP contribution in [0.2, 0.25) is 0 Å². The van der Waals surface area contributed by atoms with Crippen LogP contribution in [0.3, 0.4) is 0 Å². The summed E-state index contributed by atoms with van der Waals surface area (Å²) >= 11 is 0. The zero-order chi connectivity index (χ0) is 22.1. The number of rotatable bonds is 6. The van der Waals surface area contributed by atoms with Gasteiger partial charge in [-0.3, -0.25) is 0 Å². The van der Waals surface area contributed by atoms with Gasteiger partial charge in [0.2, 0.25) is 10.0 Å². The number of para-hydroxylation sites is 1. The molecule has 0 aromatic heterocycles. The Balaban J connectivity index is 1.39. The summed E-state index contributed by atoms with van der Waals surface area (Å²) in [5.74, 6) is 0.607. The fraction of sp³-hybridized carbons (Fsp3) is 0.231. The van der Waals surface area contributed by atoms with Crippen molar-refractivity contribution in [2.45, 2.75) is 29.7 Å². The van der Waals surface area contributed by atoms with E-state index in [1.165, 1.54) is 0 Å². The van der Waals surface area contributed by atoms with E-state index in [0.29, 0.717) is 13.0 Å². The monoisotopic (exact) mass is 446 g/mol. The van der Waals surface area contributed by atoms with Crippen molar-refractivity contribution in [2.75, 3.05) is 11.9 Å². The van der Waals surface area contributed by atoms with Crippen LogP contribution in [0.1, 0.15) is 35.1 Å². The van der Waals surface area contributed by atoms with E-state index in [1.807, 2.05) is 54.6 Å². The van der Waals surface area contributed by atoms with Crippen LogP contribution in [0.25, 0.3) is 0 Å². The number of anilines is 1. The van der Waals surface area contributed by atoms with Gasteiger partial charge in [-0.25, -0.2) is 13.1 Å². The van der Waals surface area contributed by atoms with Gasteiger partial charge in [0.15, 0.2) is 0 Å². The summed E-state index contributed by atoms with van der Waals surface area (Å²) in [5.41, 5.74) is 3.87. The van der Waals surface area contributed by atoms with Gasteiger partial charge in [0.05, 0.1) is 10.9 Å². The van der Waals surface area contributed by atoms with Crippen LogP contribution in [0, 0.1) is 5.92 Å². The minimum Gasteiger partial charge on any atom is -0.508 e. The Morgan fingerprint density at radius 1 is 0.969 bits per heavy atom. The second-order valence-corrected chi connectivity index (χ2v) is 10.2. The third-order valence-corrected chi connectivity index (χ3v) is 7.92. The van der Waals surface area contributed by atoms with Crippen molar-refractivity contribution in [3.63, 3.8) is 0 Å². The normalized spacial score (nSPS) is 21.6. The van der Waals surface area contributed by atoms with Crippen LogP contribution in [0.5, 0.6) is 5.75 Å². The molecule has 3 atom stereocenters. The maximum absolute atomic E-state index is 12.9. The number of allylic oxidation sites excluding steroid dienone is 2. The van der Waals surface area contributed by atoms with Crippen molar-refractivity contribution in [2.24, 2.45) is 5.92 Å². The maximum atomic E-state index is 12.9. The van der Waals surface area contributed by atoms with Crippen molar-refractivity contribution in [1.29, 1.82) is 0 Å². The molecule has 0 saturated carbocycles. The Hall–Kier alpha value is -3.09. The zero-order valence-electron chi connectivity index (χ0n) is 17.6. The van der Waals surface area contributed by atoms with Crippen LogP contribution in [0.4, 0.5) is 5.69 Å². The second-order valence-electron chi connectivity index (χ2n) is 8.42. The SMILES string of the molecule is O=S(=O)(NCCc1ccccc1)c1ccc2c(c1)C1C=CCC1C(c1ccccc1O)N2. The minimum absolute atomic E-state index is 0.0323. The summed E-state index contributed by atoms with van der Waals surface area (Å²) in [6.07, 6.45) is 5.83. The number of hydrogen-bond donors (Lipinski definition) is 3. The van der Waals surface area contributed by atoms with Gasteiger partial charge in [-0.2, -0.15) is 0 Å². The highest BCUT2D eigenvalue weighted by molar-refractivity contribution is 7.89. The molecule has 0 bridgehead atoms. The molecule has 32 heavy (non-hydrogen) atoms. The number of nitrogens with one attached hydrogen (secondary N) is 2. The lowest BCUT2D eigenvalue weighted by Crippen LogP contribution is -2.30. The van der Waals surface area contributed by atoms with E-state index < -0.39 is 10.0 Å². The number of sulfonamides is 1. The lowest BCUT2D eigenvalue weighted by atomic mass is 9.77. The topological polar surface area (TPSA) is 78.4 Å². The summed E-state index contributed by atoms with van der Waals surface area (Å²) < 4.78 is 28.6. The molecule has 0 radical (unpaired) electrons. The Bertz CT molecular complexity index is 1260. The first-order valence-corrected chi connectivity index (χ1v) is 12.4. The highest BCUT2D eigenvalue weighted by Gasteiger charge is 2.39. The van der Waals surface area contributed by atoms with E-state index in [-0.39, 0.29) is 28.5 Å². The highest BCUT2D eigenvalue weighted by Crippen LogP contribution is 2.51. The first-order valence-electron chi connectivity index (χ1n) is 10.9. The van der Waals surface area contributed by atoms with Crippen molar-refractivity contribution < 1.29 is 13.5 Å². The number of aromatic hydroxyl groups is 1. The third-order valence-electron chi connectivity index (χ3n) is 6.46. The summed E-state index contributed by atoms with van der Waals surface area (Å²) in [7, 11) is -3.61. The van der Waals surface area contributed by atoms with Crippen molar-refractivity contribution >= 4 is 15.7 Å². The fourth-order valence-corrected chi connectivity index (χ4v) is 5.92. The summed E-state index contributed by atoms with van der Waals surface area (Å²) in [6.45, 7) is 0.350. The zero-order valence-corrected chi connectivity index (χ0v) is 18.4. The van der Waals surface area contributed by atoms with Crippen LogP contribution in [0.15, 0.2) is 89.8 Å². The molecular weight excluding hydrogens is 420 g/mol. The van der Waals surface area contributed by atoms with Crippen molar-refractivity contribution in [3.8, 4) is 5.75 Å². The average molecular weight is 447 g/mol. The van der Waals surface area contributed by atoms with Gasteiger partial charge in [-0.1, -0.05) is 60.7 Å². The van der Waals surface area contributed by atoms with Crippen LogP contribution >= 0.6 is 0 Å². The molecule has 1 heterocycles. The summed E-state index contributed by atoms with van der Waals surface area (Å²) in [5, 5.41) is 14.0. The number of hydrogen-bond acceptors (Lipinski definition) is 4. The molecule has 3 aromatic carbocycles. The smallest absolute Gasteiger partial charge is 0.240 e. The van der Waals surface area contributed by atoms with Crippen molar-refractivity contribution in [3.05, 3.63) is 102 Å². The highest BCUT2D eigenvalue weighted by atomic mass is 32.2. The predicted octanol–water partition coefficient (Wildman–Crippen LogP) is 4.74. The second kappa shape index (κ2) is 8.45. The largest absolute Gasteiger partial charge is 0.508 e. The van der Waals surface area contributed by atoms with E-state index in [2.05, 4.69) is 22.2 Å². The molecule has 5 rings (SSSR count). The van der Waals surface area contributed by atoms with Crippen LogP contribution in [-0.2, 0) is 16.4 Å². The minimum atomic E-state index is -3.61. The Labute approximate surface area is 188 Å². The molecule has 3 unspecified atom stereocenters. The van der Waals surface area contributed by atoms with Crippen LogP contribution < -0.4 is 10.0 Å². The molecule has 0 saturated heterocycles. The molecule has 2 aliphatic rings. The van der Waals surface area contributed by atoms with Gasteiger partial charge in [-0.05, 0) is 54.2 Å². The molecule has 1 aliphatic carbocycles. The number of benzene rings is 3. The summed E-state index contributed by atoms with van der Waals surface area (Å²) in [4.78, 5) is 0.283. The van der Waals surface area contributed by atoms with E-state index in [9.17, 15) is 13.5 Å². The Kier molecular flexibility index (Phi) is 5.49. The Morgan fingerprint density at radius 3 is 2.56 bits per heavy atom. The predicted molar refractivity (Wildman–Crippen MR) is 126 cm³/mol. The molecule has 1 aliphatic heterocycles. The van der Waals surface area contributed by atoms with Gasteiger partial charge < -0.3 is 10.4 Å². The molecule has 164 valence electrons. The quantitative estimate of drug-likeness (QED) is 0.478. The van der Waals surface area contributed by atoms with Crippen molar-refractivity contribution in [1.82, 2.24) is 4.72 Å². The van der Waals surface area contributed by atoms with E-state index in [4.69, 9.17) is 0 Å². The lowest BCUT2D eigenvalue weighted by molar-refractivity contribution is 0.402. The number of fused-ring (bicyclic) bond motifs is 3. The molecule has 3 aromatic rings. The summed E-state index contributed by atoms with van der Waals surface area (Å²) in [6, 6.07) is 22.5. The van der Waals surface area contributed by atoms with Gasteiger partial charge in [0.25, 0.3) is 0 Å². The van der Waals surface area contributed by atoms with Gasteiger partial charge in [0.1, 0.15) is 5.75 Å². The van der Waals surface area contributed by atoms with Gasteiger partial charge in [-0.15, -0.1) is 0 Å². The number of phenols is 1. The molecule has 0 amide bonds. The molecular formula is C26H26N2O3S. The lowest BCUT2D eigenvalue weighted by Gasteiger charge is -2.37. The van der Waals surface area contributed by atoms with Crippen LogP contribution in [-0.4, -0.2) is 20.1 Å². The van der Waals surface area contributed by atoms with E-state index >= 15 is 0 Å². The molecule has 0 fully saturated rings. The fourth-order valence-electron chi connectivity index (χ4n) is 4.86.